The molecule has 1 aliphatic rings. The summed E-state index contributed by atoms with van der Waals surface area (Å²) in [6.45, 7) is 5.59. The molecule has 0 aromatic heterocycles. The predicted octanol–water partition coefficient (Wildman–Crippen LogP) is 1.47. The van der Waals surface area contributed by atoms with Gasteiger partial charge in [0.1, 0.15) is 12.1 Å². The Morgan fingerprint density at radius 1 is 1.29 bits per heavy atom. The van der Waals surface area contributed by atoms with Crippen LogP contribution in [-0.4, -0.2) is 49.3 Å². The van der Waals surface area contributed by atoms with Gasteiger partial charge in [-0.15, -0.1) is 0 Å². The van der Waals surface area contributed by atoms with Crippen LogP contribution < -0.4 is 5.32 Å². The lowest BCUT2D eigenvalue weighted by molar-refractivity contribution is -0.137. The third-order valence-electron chi connectivity index (χ3n) is 3.71. The summed E-state index contributed by atoms with van der Waals surface area (Å²) in [5.41, 5.74) is 1.05. The van der Waals surface area contributed by atoms with E-state index in [4.69, 9.17) is 14.2 Å². The van der Waals surface area contributed by atoms with Gasteiger partial charge >= 0.3 is 0 Å². The third kappa shape index (κ3) is 6.20. The normalized spacial score (nSPS) is 17.8. The van der Waals surface area contributed by atoms with Gasteiger partial charge in [0.2, 0.25) is 5.91 Å². The van der Waals surface area contributed by atoms with Crippen molar-refractivity contribution < 1.29 is 24.1 Å². The van der Waals surface area contributed by atoms with Crippen LogP contribution in [0.2, 0.25) is 0 Å². The Morgan fingerprint density at radius 2 is 1.96 bits per heavy atom. The van der Waals surface area contributed by atoms with Crippen LogP contribution in [0.4, 0.5) is 0 Å². The largest absolute Gasteiger partial charge is 0.383 e. The second kappa shape index (κ2) is 9.74. The maximum absolute atomic E-state index is 12.2. The second-order valence-electron chi connectivity index (χ2n) is 6.37. The summed E-state index contributed by atoms with van der Waals surface area (Å²) in [6, 6.07) is 9.34. The number of hydrogen-bond acceptors (Lipinski definition) is 5. The van der Waals surface area contributed by atoms with Gasteiger partial charge in [0.05, 0.1) is 26.4 Å². The molecular formula is C18H27NO5. The summed E-state index contributed by atoms with van der Waals surface area (Å²) in [7, 11) is 0. The minimum atomic E-state index is -1.04. The monoisotopic (exact) mass is 337 g/mol. The molecule has 24 heavy (non-hydrogen) atoms. The number of benzene rings is 1. The van der Waals surface area contributed by atoms with E-state index in [1.807, 2.05) is 44.2 Å². The smallest absolute Gasteiger partial charge is 0.249 e. The highest BCUT2D eigenvalue weighted by molar-refractivity contribution is 5.80. The summed E-state index contributed by atoms with van der Waals surface area (Å²) in [6.07, 6.45) is -1.17. The Hall–Kier alpha value is -1.47. The predicted molar refractivity (Wildman–Crippen MR) is 89.2 cm³/mol. The van der Waals surface area contributed by atoms with Gasteiger partial charge in [-0.3, -0.25) is 4.79 Å². The molecule has 134 valence electrons. The molecule has 1 aromatic rings. The number of aliphatic hydroxyl groups excluding tert-OH is 1. The molecule has 1 fully saturated rings. The van der Waals surface area contributed by atoms with Crippen LogP contribution in [0.1, 0.15) is 25.8 Å². The van der Waals surface area contributed by atoms with Gasteiger partial charge in [-0.25, -0.2) is 0 Å². The molecular weight excluding hydrogens is 310 g/mol. The fraction of sp³-hybridized carbons (Fsp3) is 0.611. The number of amides is 1. The minimum Gasteiger partial charge on any atom is -0.383 e. The molecule has 1 saturated heterocycles. The average Bonchev–Trinajstić information content (AvgIpc) is 3.08. The zero-order valence-corrected chi connectivity index (χ0v) is 14.3. The van der Waals surface area contributed by atoms with E-state index < -0.39 is 24.3 Å². The molecule has 2 rings (SSSR count). The van der Waals surface area contributed by atoms with Gasteiger partial charge in [-0.1, -0.05) is 44.2 Å². The Morgan fingerprint density at radius 3 is 2.58 bits per heavy atom. The first kappa shape index (κ1) is 18.9. The minimum absolute atomic E-state index is 0.234. The van der Waals surface area contributed by atoms with Crippen molar-refractivity contribution in [3.05, 3.63) is 35.9 Å². The molecule has 0 bridgehead atoms. The molecule has 1 unspecified atom stereocenters. The number of hydrogen-bond donors (Lipinski definition) is 2. The van der Waals surface area contributed by atoms with Gasteiger partial charge in [0.15, 0.2) is 6.29 Å². The van der Waals surface area contributed by atoms with Gasteiger partial charge in [0.25, 0.3) is 0 Å². The molecule has 1 heterocycles. The molecule has 6 nitrogen and oxygen atoms in total. The number of nitrogens with one attached hydrogen (secondary N) is 1. The molecule has 6 heteroatoms. The molecule has 0 radical (unpaired) electrons. The van der Waals surface area contributed by atoms with Crippen molar-refractivity contribution in [2.75, 3.05) is 19.8 Å². The molecule has 0 spiro atoms. The first-order valence-electron chi connectivity index (χ1n) is 8.39. The maximum Gasteiger partial charge on any atom is 0.249 e. The number of carbonyl (C=O) groups excluding carboxylic acids is 1. The zero-order chi connectivity index (χ0) is 17.4. The van der Waals surface area contributed by atoms with E-state index in [1.165, 1.54) is 0 Å². The van der Waals surface area contributed by atoms with Gasteiger partial charge in [-0.2, -0.15) is 0 Å². The SMILES string of the molecule is CC(C)CC(O)C(=O)N[C@@H](COCc1ccccc1)C1OCCO1. The van der Waals surface area contributed by atoms with Gasteiger partial charge in [0, 0.05) is 0 Å². The Kier molecular flexibility index (Phi) is 7.65. The van der Waals surface area contributed by atoms with Crippen molar-refractivity contribution in [3.8, 4) is 0 Å². The van der Waals surface area contributed by atoms with Crippen LogP contribution in [0.25, 0.3) is 0 Å². The third-order valence-corrected chi connectivity index (χ3v) is 3.71. The molecule has 1 aromatic carbocycles. The van der Waals surface area contributed by atoms with Crippen molar-refractivity contribution in [1.29, 1.82) is 0 Å². The van der Waals surface area contributed by atoms with Crippen LogP contribution in [0.3, 0.4) is 0 Å². The van der Waals surface area contributed by atoms with E-state index in [0.29, 0.717) is 26.2 Å². The number of rotatable bonds is 9. The van der Waals surface area contributed by atoms with E-state index in [-0.39, 0.29) is 12.5 Å². The summed E-state index contributed by atoms with van der Waals surface area (Å²) in [4.78, 5) is 12.2. The topological polar surface area (TPSA) is 77.0 Å². The van der Waals surface area contributed by atoms with Gasteiger partial charge < -0.3 is 24.6 Å². The van der Waals surface area contributed by atoms with E-state index in [9.17, 15) is 9.90 Å². The average molecular weight is 337 g/mol. The summed E-state index contributed by atoms with van der Waals surface area (Å²) in [5.74, 6) is -0.186. The van der Waals surface area contributed by atoms with Crippen LogP contribution in [0.5, 0.6) is 0 Å². The van der Waals surface area contributed by atoms with Crippen molar-refractivity contribution in [1.82, 2.24) is 5.32 Å². The molecule has 2 atom stereocenters. The zero-order valence-electron chi connectivity index (χ0n) is 14.3. The highest BCUT2D eigenvalue weighted by Crippen LogP contribution is 2.12. The molecule has 1 amide bonds. The maximum atomic E-state index is 12.2. The van der Waals surface area contributed by atoms with Crippen molar-refractivity contribution in [2.24, 2.45) is 5.92 Å². The highest BCUT2D eigenvalue weighted by atomic mass is 16.7. The fourth-order valence-electron chi connectivity index (χ4n) is 2.51. The quantitative estimate of drug-likeness (QED) is 0.713. The molecule has 1 aliphatic heterocycles. The lowest BCUT2D eigenvalue weighted by Crippen LogP contribution is -2.50. The van der Waals surface area contributed by atoms with E-state index in [0.717, 1.165) is 5.56 Å². The van der Waals surface area contributed by atoms with Crippen molar-refractivity contribution in [2.45, 2.75) is 45.3 Å². The lowest BCUT2D eigenvalue weighted by Gasteiger charge is -2.25. The summed E-state index contributed by atoms with van der Waals surface area (Å²) in [5, 5.41) is 12.7. The first-order valence-corrected chi connectivity index (χ1v) is 8.39. The second-order valence-corrected chi connectivity index (χ2v) is 6.37. The van der Waals surface area contributed by atoms with E-state index in [1.54, 1.807) is 0 Å². The highest BCUT2D eigenvalue weighted by Gasteiger charge is 2.30. The van der Waals surface area contributed by atoms with Crippen LogP contribution in [0, 0.1) is 5.92 Å². The van der Waals surface area contributed by atoms with Crippen molar-refractivity contribution >= 4 is 5.91 Å². The van der Waals surface area contributed by atoms with Crippen LogP contribution in [-0.2, 0) is 25.6 Å². The Balaban J connectivity index is 1.86. The Bertz CT molecular complexity index is 487. The van der Waals surface area contributed by atoms with E-state index >= 15 is 0 Å². The number of carbonyl (C=O) groups is 1. The number of aliphatic hydroxyl groups is 1. The molecule has 0 saturated carbocycles. The summed E-state index contributed by atoms with van der Waals surface area (Å²) >= 11 is 0. The Labute approximate surface area is 143 Å². The van der Waals surface area contributed by atoms with Crippen LogP contribution >= 0.6 is 0 Å². The van der Waals surface area contributed by atoms with Gasteiger partial charge in [-0.05, 0) is 17.9 Å². The molecule has 2 N–H and O–H groups in total. The fourth-order valence-corrected chi connectivity index (χ4v) is 2.51. The van der Waals surface area contributed by atoms with Crippen molar-refractivity contribution in [3.63, 3.8) is 0 Å². The van der Waals surface area contributed by atoms with E-state index in [2.05, 4.69) is 5.32 Å². The summed E-state index contributed by atoms with van der Waals surface area (Å²) < 4.78 is 16.7. The van der Waals surface area contributed by atoms with Crippen LogP contribution in [0.15, 0.2) is 30.3 Å². The number of ether oxygens (including phenoxy) is 3. The first-order chi connectivity index (χ1) is 11.6. The molecule has 0 aliphatic carbocycles. The lowest BCUT2D eigenvalue weighted by atomic mass is 10.1. The standard InChI is InChI=1S/C18H27NO5/c1-13(2)10-16(20)17(21)19-15(18-23-8-9-24-18)12-22-11-14-6-4-3-5-7-14/h3-7,13,15-16,18,20H,8-12H2,1-2H3,(H,19,21)/t15-,16?/m0/s1.